The molecule has 4 aromatic carbocycles. The predicted octanol–water partition coefficient (Wildman–Crippen LogP) is 6.40. The van der Waals surface area contributed by atoms with Gasteiger partial charge in [-0.2, -0.15) is 0 Å². The Morgan fingerprint density at radius 1 is 0.867 bits per heavy atom. The van der Waals surface area contributed by atoms with Crippen LogP contribution in [0.4, 0.5) is 10.1 Å². The van der Waals surface area contributed by atoms with Crippen LogP contribution in [-0.4, -0.2) is 44.3 Å². The molecule has 4 aromatic rings. The Hall–Kier alpha value is -4.21. The summed E-state index contributed by atoms with van der Waals surface area (Å²) in [5.74, 6) is -1.40. The van der Waals surface area contributed by atoms with Crippen molar-refractivity contribution in [3.8, 4) is 0 Å². The van der Waals surface area contributed by atoms with Crippen LogP contribution in [0.1, 0.15) is 30.5 Å². The number of rotatable bonds is 13. The van der Waals surface area contributed by atoms with E-state index < -0.39 is 34.3 Å². The molecule has 10 heteroatoms. The molecular formula is C35H37ClFN3O4S. The van der Waals surface area contributed by atoms with Gasteiger partial charge in [0.15, 0.2) is 0 Å². The molecule has 0 aromatic heterocycles. The van der Waals surface area contributed by atoms with Crippen LogP contribution >= 0.6 is 11.6 Å². The van der Waals surface area contributed by atoms with Crippen LogP contribution in [0.2, 0.25) is 5.02 Å². The molecule has 0 aliphatic heterocycles. The number of halogens is 2. The first-order chi connectivity index (χ1) is 21.5. The summed E-state index contributed by atoms with van der Waals surface area (Å²) in [6, 6.07) is 26.5. The van der Waals surface area contributed by atoms with E-state index in [9.17, 15) is 22.4 Å². The van der Waals surface area contributed by atoms with E-state index in [-0.39, 0.29) is 35.4 Å². The Balaban J connectivity index is 1.80. The lowest BCUT2D eigenvalue weighted by atomic mass is 10.0. The first-order valence-electron chi connectivity index (χ1n) is 14.6. The summed E-state index contributed by atoms with van der Waals surface area (Å²) in [4.78, 5) is 29.5. The van der Waals surface area contributed by atoms with Crippen LogP contribution < -0.4 is 9.62 Å². The molecule has 2 amide bonds. The number of carbonyl (C=O) groups excluding carboxylic acids is 2. The Morgan fingerprint density at radius 2 is 1.49 bits per heavy atom. The number of benzene rings is 4. The lowest BCUT2D eigenvalue weighted by Crippen LogP contribution is -2.53. The minimum Gasteiger partial charge on any atom is -0.354 e. The number of aryl methyl sites for hydroxylation is 1. The molecular weight excluding hydrogens is 613 g/mol. The molecule has 0 saturated carbocycles. The molecule has 0 bridgehead atoms. The maximum absolute atomic E-state index is 14.5. The first kappa shape index (κ1) is 33.7. The van der Waals surface area contributed by atoms with Gasteiger partial charge in [0, 0.05) is 24.5 Å². The average molecular weight is 650 g/mol. The number of nitrogens with zero attached hydrogens (tertiary/aromatic N) is 2. The number of carbonyl (C=O) groups is 2. The third-order valence-corrected chi connectivity index (χ3v) is 9.41. The minimum absolute atomic E-state index is 0.0383. The molecule has 7 nitrogen and oxygen atoms in total. The van der Waals surface area contributed by atoms with Gasteiger partial charge in [-0.15, -0.1) is 0 Å². The lowest BCUT2D eigenvalue weighted by Gasteiger charge is -2.34. The fourth-order valence-corrected chi connectivity index (χ4v) is 6.37. The normalized spacial score (nSPS) is 12.0. The van der Waals surface area contributed by atoms with Crippen LogP contribution in [-0.2, 0) is 32.6 Å². The van der Waals surface area contributed by atoms with Crippen molar-refractivity contribution >= 4 is 39.1 Å². The standard InChI is InChI=1S/C35H37ClFN3O4S/c1-25(2)22-38-35(42)33(21-27-9-5-4-6-10-27)39(23-28-11-7-8-12-32(28)36)34(41)24-40(30-17-13-26(3)14-18-30)45(43,44)31-19-15-29(37)16-20-31/h4-20,25,33H,21-24H2,1-3H3,(H,38,42). The fourth-order valence-electron chi connectivity index (χ4n) is 4.76. The monoisotopic (exact) mass is 649 g/mol. The Kier molecular flexibility index (Phi) is 11.4. The Morgan fingerprint density at radius 3 is 2.11 bits per heavy atom. The molecule has 0 saturated heterocycles. The molecule has 0 aliphatic rings. The van der Waals surface area contributed by atoms with Gasteiger partial charge in [0.25, 0.3) is 10.0 Å². The maximum Gasteiger partial charge on any atom is 0.264 e. The molecule has 45 heavy (non-hydrogen) atoms. The molecule has 1 unspecified atom stereocenters. The summed E-state index contributed by atoms with van der Waals surface area (Å²) in [5, 5.41) is 3.37. The zero-order chi connectivity index (χ0) is 32.6. The highest BCUT2D eigenvalue weighted by Gasteiger charge is 2.35. The van der Waals surface area contributed by atoms with E-state index >= 15 is 0 Å². The number of hydrogen-bond donors (Lipinski definition) is 1. The Bertz CT molecular complexity index is 1700. The molecule has 0 aliphatic carbocycles. The second-order valence-corrected chi connectivity index (χ2v) is 13.5. The van der Waals surface area contributed by atoms with E-state index in [1.165, 1.54) is 4.90 Å². The third kappa shape index (κ3) is 8.93. The topological polar surface area (TPSA) is 86.8 Å². The van der Waals surface area contributed by atoms with Crippen molar-refractivity contribution in [2.24, 2.45) is 5.92 Å². The summed E-state index contributed by atoms with van der Waals surface area (Å²) < 4.78 is 42.7. The summed E-state index contributed by atoms with van der Waals surface area (Å²) in [5.41, 5.74) is 2.58. The van der Waals surface area contributed by atoms with E-state index in [0.717, 1.165) is 39.7 Å². The van der Waals surface area contributed by atoms with E-state index in [2.05, 4.69) is 5.32 Å². The van der Waals surface area contributed by atoms with Crippen molar-refractivity contribution in [3.05, 3.63) is 131 Å². The summed E-state index contributed by atoms with van der Waals surface area (Å²) in [6.07, 6.45) is 0.191. The zero-order valence-corrected chi connectivity index (χ0v) is 27.1. The number of nitrogens with one attached hydrogen (secondary N) is 1. The molecule has 1 N–H and O–H groups in total. The lowest BCUT2D eigenvalue weighted by molar-refractivity contribution is -0.140. The maximum atomic E-state index is 14.5. The zero-order valence-electron chi connectivity index (χ0n) is 25.5. The van der Waals surface area contributed by atoms with Gasteiger partial charge in [0.1, 0.15) is 18.4 Å². The fraction of sp³-hybridized carbons (Fsp3) is 0.257. The quantitative estimate of drug-likeness (QED) is 0.182. The van der Waals surface area contributed by atoms with Crippen LogP contribution in [0.5, 0.6) is 0 Å². The molecule has 0 spiro atoms. The van der Waals surface area contributed by atoms with Gasteiger partial charge in [-0.05, 0) is 66.4 Å². The van der Waals surface area contributed by atoms with Gasteiger partial charge >= 0.3 is 0 Å². The van der Waals surface area contributed by atoms with Gasteiger partial charge in [0.2, 0.25) is 11.8 Å². The van der Waals surface area contributed by atoms with Crippen molar-refractivity contribution in [3.63, 3.8) is 0 Å². The second-order valence-electron chi connectivity index (χ2n) is 11.3. The van der Waals surface area contributed by atoms with Crippen molar-refractivity contribution < 1.29 is 22.4 Å². The first-order valence-corrected chi connectivity index (χ1v) is 16.5. The van der Waals surface area contributed by atoms with Crippen molar-refractivity contribution in [1.29, 1.82) is 0 Å². The largest absolute Gasteiger partial charge is 0.354 e. The van der Waals surface area contributed by atoms with Crippen molar-refractivity contribution in [2.75, 3.05) is 17.4 Å². The Labute approximate surface area is 269 Å². The highest BCUT2D eigenvalue weighted by Crippen LogP contribution is 2.26. The van der Waals surface area contributed by atoms with Crippen LogP contribution in [0.3, 0.4) is 0 Å². The third-order valence-electron chi connectivity index (χ3n) is 7.26. The number of anilines is 1. The van der Waals surface area contributed by atoms with E-state index in [0.29, 0.717) is 17.1 Å². The van der Waals surface area contributed by atoms with Crippen LogP contribution in [0.25, 0.3) is 0 Å². The molecule has 0 heterocycles. The molecule has 4 rings (SSSR count). The highest BCUT2D eigenvalue weighted by atomic mass is 35.5. The molecule has 1 atom stereocenters. The average Bonchev–Trinajstić information content (AvgIpc) is 3.02. The van der Waals surface area contributed by atoms with Crippen molar-refractivity contribution in [2.45, 2.75) is 44.7 Å². The van der Waals surface area contributed by atoms with Crippen LogP contribution in [0.15, 0.2) is 108 Å². The summed E-state index contributed by atoms with van der Waals surface area (Å²) in [7, 11) is -4.33. The SMILES string of the molecule is Cc1ccc(N(CC(=O)N(Cc2ccccc2Cl)C(Cc2ccccc2)C(=O)NCC(C)C)S(=O)(=O)c2ccc(F)cc2)cc1. The van der Waals surface area contributed by atoms with Gasteiger partial charge in [-0.25, -0.2) is 12.8 Å². The van der Waals surface area contributed by atoms with Crippen LogP contribution in [0, 0.1) is 18.7 Å². The predicted molar refractivity (Wildman–Crippen MR) is 176 cm³/mol. The smallest absolute Gasteiger partial charge is 0.264 e. The molecule has 236 valence electrons. The number of hydrogen-bond acceptors (Lipinski definition) is 4. The number of amides is 2. The number of sulfonamides is 1. The second kappa shape index (κ2) is 15.2. The highest BCUT2D eigenvalue weighted by molar-refractivity contribution is 7.92. The van der Waals surface area contributed by atoms with Crippen molar-refractivity contribution in [1.82, 2.24) is 10.2 Å². The van der Waals surface area contributed by atoms with Gasteiger partial charge in [0.05, 0.1) is 10.6 Å². The van der Waals surface area contributed by atoms with E-state index in [1.807, 2.05) is 51.1 Å². The van der Waals surface area contributed by atoms with E-state index in [1.54, 1.807) is 48.5 Å². The minimum atomic E-state index is -4.33. The van der Waals surface area contributed by atoms with Gasteiger partial charge in [-0.3, -0.25) is 13.9 Å². The molecule has 0 radical (unpaired) electrons. The summed E-state index contributed by atoms with van der Waals surface area (Å²) in [6.45, 7) is 5.55. The van der Waals surface area contributed by atoms with Gasteiger partial charge in [-0.1, -0.05) is 91.7 Å². The van der Waals surface area contributed by atoms with E-state index in [4.69, 9.17) is 11.6 Å². The summed E-state index contributed by atoms with van der Waals surface area (Å²) >= 11 is 6.53. The molecule has 0 fully saturated rings. The van der Waals surface area contributed by atoms with Gasteiger partial charge < -0.3 is 10.2 Å².